The van der Waals surface area contributed by atoms with Crippen LogP contribution in [0, 0.1) is 13.8 Å². The Hall–Kier alpha value is -1.39. The number of aliphatic hydroxyl groups excluding tert-OH is 1. The molecule has 18 heavy (non-hydrogen) atoms. The molecule has 1 amide bonds. The lowest BCUT2D eigenvalue weighted by atomic mass is 10.0. The third-order valence-corrected chi connectivity index (χ3v) is 3.43. The van der Waals surface area contributed by atoms with Crippen molar-refractivity contribution in [3.63, 3.8) is 0 Å². The Kier molecular flexibility index (Phi) is 3.68. The molecule has 0 saturated heterocycles. The molecule has 1 heterocycles. The van der Waals surface area contributed by atoms with E-state index in [0.717, 1.165) is 28.8 Å². The van der Waals surface area contributed by atoms with Crippen LogP contribution in [-0.2, 0) is 4.79 Å². The Morgan fingerprint density at radius 3 is 2.72 bits per heavy atom. The van der Waals surface area contributed by atoms with Gasteiger partial charge < -0.3 is 15.7 Å². The van der Waals surface area contributed by atoms with Crippen molar-refractivity contribution >= 4 is 11.6 Å². The predicted octanol–water partition coefficient (Wildman–Crippen LogP) is 1.42. The number of aryl methyl sites for hydroxylation is 2. The second-order valence-corrected chi connectivity index (χ2v) is 4.91. The first-order chi connectivity index (χ1) is 8.56. The number of rotatable bonds is 4. The fourth-order valence-electron chi connectivity index (χ4n) is 2.61. The monoisotopic (exact) mass is 248 g/mol. The van der Waals surface area contributed by atoms with Crippen molar-refractivity contribution in [1.29, 1.82) is 0 Å². The summed E-state index contributed by atoms with van der Waals surface area (Å²) < 4.78 is 0. The SMILES string of the molecule is Cc1cc(C)c2c(c1)N(CCCCO)C(=O)C2N. The first kappa shape index (κ1) is 13.1. The summed E-state index contributed by atoms with van der Waals surface area (Å²) in [5, 5.41) is 8.81. The van der Waals surface area contributed by atoms with Crippen LogP contribution in [0.15, 0.2) is 12.1 Å². The molecule has 1 atom stereocenters. The molecule has 0 bridgehead atoms. The van der Waals surface area contributed by atoms with Crippen LogP contribution in [0.5, 0.6) is 0 Å². The van der Waals surface area contributed by atoms with Gasteiger partial charge in [0.1, 0.15) is 6.04 Å². The minimum absolute atomic E-state index is 0.0309. The number of hydrogen-bond donors (Lipinski definition) is 2. The van der Waals surface area contributed by atoms with E-state index in [9.17, 15) is 4.79 Å². The Labute approximate surface area is 107 Å². The van der Waals surface area contributed by atoms with E-state index in [2.05, 4.69) is 6.07 Å². The smallest absolute Gasteiger partial charge is 0.248 e. The summed E-state index contributed by atoms with van der Waals surface area (Å²) in [6.07, 6.45) is 1.50. The molecule has 0 aliphatic carbocycles. The predicted molar refractivity (Wildman–Crippen MR) is 71.5 cm³/mol. The summed E-state index contributed by atoms with van der Waals surface area (Å²) in [5.41, 5.74) is 10.1. The van der Waals surface area contributed by atoms with E-state index in [4.69, 9.17) is 10.8 Å². The number of benzene rings is 1. The highest BCUT2D eigenvalue weighted by Gasteiger charge is 2.35. The molecular formula is C14H20N2O2. The van der Waals surface area contributed by atoms with E-state index in [1.165, 1.54) is 0 Å². The zero-order valence-electron chi connectivity index (χ0n) is 10.9. The topological polar surface area (TPSA) is 66.6 Å². The maximum Gasteiger partial charge on any atom is 0.248 e. The number of fused-ring (bicyclic) bond motifs is 1. The van der Waals surface area contributed by atoms with Gasteiger partial charge in [0.25, 0.3) is 0 Å². The molecule has 0 fully saturated rings. The lowest BCUT2D eigenvalue weighted by Crippen LogP contribution is -2.32. The molecule has 0 spiro atoms. The minimum Gasteiger partial charge on any atom is -0.396 e. The second-order valence-electron chi connectivity index (χ2n) is 4.91. The maximum atomic E-state index is 12.2. The lowest BCUT2D eigenvalue weighted by molar-refractivity contribution is -0.119. The molecule has 1 aromatic rings. The van der Waals surface area contributed by atoms with Crippen molar-refractivity contribution in [1.82, 2.24) is 0 Å². The van der Waals surface area contributed by atoms with Gasteiger partial charge in [-0.25, -0.2) is 0 Å². The Morgan fingerprint density at radius 2 is 2.06 bits per heavy atom. The highest BCUT2D eigenvalue weighted by molar-refractivity contribution is 6.05. The van der Waals surface area contributed by atoms with Crippen LogP contribution in [0.2, 0.25) is 0 Å². The van der Waals surface area contributed by atoms with E-state index >= 15 is 0 Å². The van der Waals surface area contributed by atoms with E-state index in [-0.39, 0.29) is 12.5 Å². The Balaban J connectivity index is 2.32. The van der Waals surface area contributed by atoms with E-state index in [1.807, 2.05) is 19.9 Å². The van der Waals surface area contributed by atoms with Crippen LogP contribution in [0.4, 0.5) is 5.69 Å². The molecule has 1 aliphatic rings. The molecule has 1 unspecified atom stereocenters. The van der Waals surface area contributed by atoms with Gasteiger partial charge in [-0.05, 0) is 43.9 Å². The fourth-order valence-corrected chi connectivity index (χ4v) is 2.61. The lowest BCUT2D eigenvalue weighted by Gasteiger charge is -2.18. The maximum absolute atomic E-state index is 12.2. The molecule has 1 aliphatic heterocycles. The van der Waals surface area contributed by atoms with Gasteiger partial charge in [-0.3, -0.25) is 4.79 Å². The molecule has 2 rings (SSSR count). The zero-order chi connectivity index (χ0) is 13.3. The largest absolute Gasteiger partial charge is 0.396 e. The van der Waals surface area contributed by atoms with Gasteiger partial charge in [-0.2, -0.15) is 0 Å². The summed E-state index contributed by atoms with van der Waals surface area (Å²) in [4.78, 5) is 13.9. The van der Waals surface area contributed by atoms with Gasteiger partial charge in [-0.1, -0.05) is 6.07 Å². The molecule has 1 aromatic carbocycles. The summed E-state index contributed by atoms with van der Waals surface area (Å²) in [6.45, 7) is 4.81. The number of amides is 1. The molecule has 3 N–H and O–H groups in total. The molecule has 4 nitrogen and oxygen atoms in total. The van der Waals surface area contributed by atoms with Crippen molar-refractivity contribution in [3.8, 4) is 0 Å². The van der Waals surface area contributed by atoms with Gasteiger partial charge in [-0.15, -0.1) is 0 Å². The number of nitrogens with two attached hydrogens (primary N) is 1. The average molecular weight is 248 g/mol. The van der Waals surface area contributed by atoms with Crippen LogP contribution in [0.1, 0.15) is 35.6 Å². The molecule has 0 saturated carbocycles. The first-order valence-electron chi connectivity index (χ1n) is 6.35. The van der Waals surface area contributed by atoms with Crippen molar-refractivity contribution in [2.45, 2.75) is 32.7 Å². The van der Waals surface area contributed by atoms with Gasteiger partial charge in [0.15, 0.2) is 0 Å². The van der Waals surface area contributed by atoms with Crippen molar-refractivity contribution < 1.29 is 9.90 Å². The molecule has 0 aromatic heterocycles. The van der Waals surface area contributed by atoms with Crippen LogP contribution < -0.4 is 10.6 Å². The molecule has 0 radical (unpaired) electrons. The number of nitrogens with zero attached hydrogens (tertiary/aromatic N) is 1. The van der Waals surface area contributed by atoms with Crippen LogP contribution >= 0.6 is 0 Å². The number of carbonyl (C=O) groups is 1. The highest BCUT2D eigenvalue weighted by atomic mass is 16.3. The van der Waals surface area contributed by atoms with Crippen molar-refractivity contribution in [2.75, 3.05) is 18.1 Å². The summed E-state index contributed by atoms with van der Waals surface area (Å²) >= 11 is 0. The van der Waals surface area contributed by atoms with Gasteiger partial charge in [0.05, 0.1) is 0 Å². The third-order valence-electron chi connectivity index (χ3n) is 3.43. The Morgan fingerprint density at radius 1 is 1.33 bits per heavy atom. The minimum atomic E-state index is -0.533. The first-order valence-corrected chi connectivity index (χ1v) is 6.35. The summed E-state index contributed by atoms with van der Waals surface area (Å²) in [6, 6.07) is 3.55. The zero-order valence-corrected chi connectivity index (χ0v) is 10.9. The molecular weight excluding hydrogens is 228 g/mol. The van der Waals surface area contributed by atoms with Gasteiger partial charge in [0, 0.05) is 24.4 Å². The van der Waals surface area contributed by atoms with E-state index in [0.29, 0.717) is 13.0 Å². The van der Waals surface area contributed by atoms with Crippen LogP contribution in [0.25, 0.3) is 0 Å². The number of aliphatic hydroxyl groups is 1. The van der Waals surface area contributed by atoms with Crippen molar-refractivity contribution in [3.05, 3.63) is 28.8 Å². The Bertz CT molecular complexity index is 471. The highest BCUT2D eigenvalue weighted by Crippen LogP contribution is 2.37. The van der Waals surface area contributed by atoms with E-state index < -0.39 is 6.04 Å². The quantitative estimate of drug-likeness (QED) is 0.792. The van der Waals surface area contributed by atoms with Crippen LogP contribution in [-0.4, -0.2) is 24.2 Å². The van der Waals surface area contributed by atoms with Gasteiger partial charge >= 0.3 is 0 Å². The third kappa shape index (κ3) is 2.13. The number of hydrogen-bond acceptors (Lipinski definition) is 3. The fraction of sp³-hybridized carbons (Fsp3) is 0.500. The molecule has 98 valence electrons. The summed E-state index contributed by atoms with van der Waals surface area (Å²) in [5.74, 6) is -0.0309. The van der Waals surface area contributed by atoms with Gasteiger partial charge in [0.2, 0.25) is 5.91 Å². The molecule has 4 heteroatoms. The second kappa shape index (κ2) is 5.08. The number of anilines is 1. The van der Waals surface area contributed by atoms with Crippen molar-refractivity contribution in [2.24, 2.45) is 5.73 Å². The number of carbonyl (C=O) groups excluding carboxylic acids is 1. The van der Waals surface area contributed by atoms with E-state index in [1.54, 1.807) is 4.90 Å². The van der Waals surface area contributed by atoms with Crippen LogP contribution in [0.3, 0.4) is 0 Å². The normalized spacial score (nSPS) is 18.3. The number of unbranched alkanes of at least 4 members (excludes halogenated alkanes) is 1. The average Bonchev–Trinajstić information content (AvgIpc) is 2.54. The summed E-state index contributed by atoms with van der Waals surface area (Å²) in [7, 11) is 0. The standard InChI is InChI=1S/C14H20N2O2/c1-9-7-10(2)12-11(8-9)16(5-3-4-6-17)14(18)13(12)15/h7-8,13,17H,3-6,15H2,1-2H3.